The zero-order chi connectivity index (χ0) is 11.7. The SMILES string of the molecule is NCC1(CC2Cc3ccccc3O2)CCCC1. The number of nitrogens with two attached hydrogens (primary N) is 1. The van der Waals surface area contributed by atoms with Gasteiger partial charge in [0.25, 0.3) is 0 Å². The van der Waals surface area contributed by atoms with E-state index >= 15 is 0 Å². The molecule has 1 aliphatic carbocycles. The molecule has 1 heterocycles. The van der Waals surface area contributed by atoms with Gasteiger partial charge in [0.15, 0.2) is 0 Å². The molecule has 1 unspecified atom stereocenters. The second-order valence-corrected chi connectivity index (χ2v) is 5.67. The number of benzene rings is 1. The van der Waals surface area contributed by atoms with Gasteiger partial charge in [-0.3, -0.25) is 0 Å². The van der Waals surface area contributed by atoms with Crippen LogP contribution in [0.2, 0.25) is 0 Å². The Morgan fingerprint density at radius 1 is 1.24 bits per heavy atom. The van der Waals surface area contributed by atoms with Gasteiger partial charge in [0.05, 0.1) is 0 Å². The third-order valence-electron chi connectivity index (χ3n) is 4.47. The Balaban J connectivity index is 1.69. The molecule has 1 aromatic carbocycles. The zero-order valence-electron chi connectivity index (χ0n) is 10.3. The summed E-state index contributed by atoms with van der Waals surface area (Å²) in [5.74, 6) is 1.09. The van der Waals surface area contributed by atoms with Crippen molar-refractivity contribution in [2.75, 3.05) is 6.54 Å². The van der Waals surface area contributed by atoms with Gasteiger partial charge in [-0.25, -0.2) is 0 Å². The van der Waals surface area contributed by atoms with Crippen LogP contribution >= 0.6 is 0 Å². The summed E-state index contributed by atoms with van der Waals surface area (Å²) in [6.45, 7) is 0.823. The lowest BCUT2D eigenvalue weighted by Gasteiger charge is -2.29. The molecule has 2 nitrogen and oxygen atoms in total. The maximum Gasteiger partial charge on any atom is 0.123 e. The molecule has 1 aromatic rings. The summed E-state index contributed by atoms with van der Waals surface area (Å²) in [6, 6.07) is 8.41. The van der Waals surface area contributed by atoms with E-state index < -0.39 is 0 Å². The summed E-state index contributed by atoms with van der Waals surface area (Å²) in [6.07, 6.45) is 7.83. The molecular weight excluding hydrogens is 210 g/mol. The first kappa shape index (κ1) is 11.1. The minimum atomic E-state index is 0.356. The van der Waals surface area contributed by atoms with Gasteiger partial charge in [-0.2, -0.15) is 0 Å². The average Bonchev–Trinajstić information content (AvgIpc) is 2.95. The highest BCUT2D eigenvalue weighted by Gasteiger charge is 2.37. The summed E-state index contributed by atoms with van der Waals surface area (Å²) in [4.78, 5) is 0. The minimum Gasteiger partial charge on any atom is -0.490 e. The van der Waals surface area contributed by atoms with E-state index in [1.54, 1.807) is 0 Å². The first-order valence-corrected chi connectivity index (χ1v) is 6.76. The second-order valence-electron chi connectivity index (χ2n) is 5.67. The maximum absolute atomic E-state index is 6.04. The van der Waals surface area contributed by atoms with Crippen LogP contribution in [0.1, 0.15) is 37.7 Å². The predicted molar refractivity (Wildman–Crippen MR) is 69.1 cm³/mol. The standard InChI is InChI=1S/C15H21NO/c16-11-15(7-3-4-8-15)10-13-9-12-5-1-2-6-14(12)17-13/h1-2,5-6,13H,3-4,7-11,16H2. The molecule has 2 N–H and O–H groups in total. The van der Waals surface area contributed by atoms with Crippen LogP contribution < -0.4 is 10.5 Å². The van der Waals surface area contributed by atoms with Crippen molar-refractivity contribution in [1.29, 1.82) is 0 Å². The third-order valence-corrected chi connectivity index (χ3v) is 4.47. The normalized spacial score (nSPS) is 25.6. The number of rotatable bonds is 3. The molecule has 17 heavy (non-hydrogen) atoms. The van der Waals surface area contributed by atoms with Gasteiger partial charge in [-0.1, -0.05) is 31.0 Å². The van der Waals surface area contributed by atoms with Crippen molar-refractivity contribution < 1.29 is 4.74 Å². The zero-order valence-corrected chi connectivity index (χ0v) is 10.3. The lowest BCUT2D eigenvalue weighted by Crippen LogP contribution is -2.33. The lowest BCUT2D eigenvalue weighted by molar-refractivity contribution is 0.141. The van der Waals surface area contributed by atoms with Crippen molar-refractivity contribution in [1.82, 2.24) is 0 Å². The Bertz CT molecular complexity index is 371. The molecule has 0 spiro atoms. The molecule has 1 fully saturated rings. The Morgan fingerprint density at radius 3 is 2.71 bits per heavy atom. The van der Waals surface area contributed by atoms with Gasteiger partial charge < -0.3 is 10.5 Å². The molecule has 1 atom stereocenters. The molecule has 0 amide bonds. The molecule has 0 bridgehead atoms. The highest BCUT2D eigenvalue weighted by Crippen LogP contribution is 2.43. The summed E-state index contributed by atoms with van der Waals surface area (Å²) in [7, 11) is 0. The van der Waals surface area contributed by atoms with Crippen molar-refractivity contribution in [2.45, 2.75) is 44.6 Å². The van der Waals surface area contributed by atoms with Crippen LogP contribution in [-0.4, -0.2) is 12.6 Å². The second kappa shape index (κ2) is 4.34. The van der Waals surface area contributed by atoms with Crippen LogP contribution in [0.4, 0.5) is 0 Å². The Hall–Kier alpha value is -1.02. The third kappa shape index (κ3) is 2.06. The number of hydrogen-bond donors (Lipinski definition) is 1. The monoisotopic (exact) mass is 231 g/mol. The smallest absolute Gasteiger partial charge is 0.123 e. The maximum atomic E-state index is 6.04. The van der Waals surface area contributed by atoms with E-state index in [4.69, 9.17) is 10.5 Å². The summed E-state index contributed by atoms with van der Waals surface area (Å²) >= 11 is 0. The number of ether oxygens (including phenoxy) is 1. The molecule has 0 aromatic heterocycles. The first-order valence-electron chi connectivity index (χ1n) is 6.76. The van der Waals surface area contributed by atoms with Crippen molar-refractivity contribution in [3.05, 3.63) is 29.8 Å². The van der Waals surface area contributed by atoms with Gasteiger partial charge in [0.1, 0.15) is 11.9 Å². The fraction of sp³-hybridized carbons (Fsp3) is 0.600. The highest BCUT2D eigenvalue weighted by atomic mass is 16.5. The Kier molecular flexibility index (Phi) is 2.83. The summed E-state index contributed by atoms with van der Waals surface area (Å²) < 4.78 is 6.04. The number of fused-ring (bicyclic) bond motifs is 1. The topological polar surface area (TPSA) is 35.2 Å². The van der Waals surface area contributed by atoms with Crippen LogP contribution in [0, 0.1) is 5.41 Å². The number of para-hydroxylation sites is 1. The summed E-state index contributed by atoms with van der Waals surface area (Å²) in [5, 5.41) is 0. The Labute approximate surface area is 103 Å². The quantitative estimate of drug-likeness (QED) is 0.868. The minimum absolute atomic E-state index is 0.356. The molecule has 0 saturated heterocycles. The molecule has 2 aliphatic rings. The van der Waals surface area contributed by atoms with Gasteiger partial charge in [-0.05, 0) is 42.9 Å². The van der Waals surface area contributed by atoms with Crippen LogP contribution in [0.15, 0.2) is 24.3 Å². The van der Waals surface area contributed by atoms with E-state index in [1.165, 1.54) is 31.2 Å². The molecule has 0 radical (unpaired) electrons. The largest absolute Gasteiger partial charge is 0.490 e. The number of hydrogen-bond acceptors (Lipinski definition) is 2. The summed E-state index contributed by atoms with van der Waals surface area (Å²) in [5.41, 5.74) is 7.73. The van der Waals surface area contributed by atoms with E-state index in [-0.39, 0.29) is 0 Å². The van der Waals surface area contributed by atoms with Crippen molar-refractivity contribution in [3.63, 3.8) is 0 Å². The molecule has 1 saturated carbocycles. The van der Waals surface area contributed by atoms with E-state index in [1.807, 2.05) is 0 Å². The first-order chi connectivity index (χ1) is 8.31. The lowest BCUT2D eigenvalue weighted by atomic mass is 9.80. The molecular formula is C15H21NO. The van der Waals surface area contributed by atoms with Gasteiger partial charge in [-0.15, -0.1) is 0 Å². The van der Waals surface area contributed by atoms with Crippen LogP contribution in [0.3, 0.4) is 0 Å². The van der Waals surface area contributed by atoms with Crippen LogP contribution in [0.25, 0.3) is 0 Å². The van der Waals surface area contributed by atoms with Crippen LogP contribution in [0.5, 0.6) is 5.75 Å². The molecule has 1 aliphatic heterocycles. The van der Waals surface area contributed by atoms with Crippen molar-refractivity contribution >= 4 is 0 Å². The van der Waals surface area contributed by atoms with Gasteiger partial charge in [0.2, 0.25) is 0 Å². The van der Waals surface area contributed by atoms with Gasteiger partial charge in [0, 0.05) is 6.42 Å². The van der Waals surface area contributed by atoms with E-state index in [2.05, 4.69) is 24.3 Å². The van der Waals surface area contributed by atoms with E-state index in [0.717, 1.165) is 25.1 Å². The average molecular weight is 231 g/mol. The fourth-order valence-electron chi connectivity index (χ4n) is 3.47. The van der Waals surface area contributed by atoms with Crippen molar-refractivity contribution in [2.24, 2.45) is 11.1 Å². The molecule has 92 valence electrons. The Morgan fingerprint density at radius 2 is 2.00 bits per heavy atom. The fourth-order valence-corrected chi connectivity index (χ4v) is 3.47. The highest BCUT2D eigenvalue weighted by molar-refractivity contribution is 5.37. The predicted octanol–water partition coefficient (Wildman–Crippen LogP) is 2.90. The van der Waals surface area contributed by atoms with Crippen molar-refractivity contribution in [3.8, 4) is 5.75 Å². The van der Waals surface area contributed by atoms with E-state index in [0.29, 0.717) is 11.5 Å². The van der Waals surface area contributed by atoms with E-state index in [9.17, 15) is 0 Å². The molecule has 2 heteroatoms. The van der Waals surface area contributed by atoms with Crippen LogP contribution in [-0.2, 0) is 6.42 Å². The molecule has 3 rings (SSSR count). The van der Waals surface area contributed by atoms with Gasteiger partial charge >= 0.3 is 0 Å².